The van der Waals surface area contributed by atoms with Crippen molar-refractivity contribution < 1.29 is 4.74 Å². The normalized spacial score (nSPS) is 23.8. The molecule has 2 heteroatoms. The van der Waals surface area contributed by atoms with Gasteiger partial charge in [-0.3, -0.25) is 0 Å². The van der Waals surface area contributed by atoms with Crippen LogP contribution in [0.2, 0.25) is 0 Å². The van der Waals surface area contributed by atoms with Gasteiger partial charge in [-0.25, -0.2) is 0 Å². The summed E-state index contributed by atoms with van der Waals surface area (Å²) in [6, 6.07) is 9.20. The fraction of sp³-hybridized carbons (Fsp3) is 0.684. The first-order valence-electron chi connectivity index (χ1n) is 8.68. The van der Waals surface area contributed by atoms with Crippen molar-refractivity contribution in [1.29, 1.82) is 0 Å². The Kier molecular flexibility index (Phi) is 6.56. The van der Waals surface area contributed by atoms with Gasteiger partial charge in [-0.1, -0.05) is 45.2 Å². The van der Waals surface area contributed by atoms with Crippen LogP contribution in [-0.2, 0) is 0 Å². The number of benzene rings is 1. The minimum Gasteiger partial charge on any atom is -0.494 e. The molecule has 2 nitrogen and oxygen atoms in total. The summed E-state index contributed by atoms with van der Waals surface area (Å²) in [5.74, 6) is 2.69. The van der Waals surface area contributed by atoms with Crippen LogP contribution < -0.4 is 10.1 Å². The minimum atomic E-state index is 0.486. The summed E-state index contributed by atoms with van der Waals surface area (Å²) >= 11 is 0. The van der Waals surface area contributed by atoms with E-state index >= 15 is 0 Å². The maximum Gasteiger partial charge on any atom is 0.119 e. The summed E-state index contributed by atoms with van der Waals surface area (Å²) in [6.07, 6.45) is 7.93. The fourth-order valence-electron chi connectivity index (χ4n) is 3.67. The van der Waals surface area contributed by atoms with Crippen LogP contribution in [0, 0.1) is 11.8 Å². The van der Waals surface area contributed by atoms with Gasteiger partial charge < -0.3 is 10.1 Å². The Bertz CT molecular complexity index is 401. The van der Waals surface area contributed by atoms with Gasteiger partial charge in [-0.2, -0.15) is 0 Å². The maximum atomic E-state index is 5.68. The van der Waals surface area contributed by atoms with E-state index in [1.807, 2.05) is 0 Å². The van der Waals surface area contributed by atoms with Gasteiger partial charge in [-0.15, -0.1) is 0 Å². The lowest BCUT2D eigenvalue weighted by atomic mass is 9.75. The molecule has 118 valence electrons. The van der Waals surface area contributed by atoms with E-state index in [0.717, 1.165) is 30.6 Å². The molecule has 1 aliphatic carbocycles. The molecule has 1 N–H and O–H groups in total. The van der Waals surface area contributed by atoms with Gasteiger partial charge in [0.15, 0.2) is 0 Å². The highest BCUT2D eigenvalue weighted by atomic mass is 16.5. The van der Waals surface area contributed by atoms with E-state index in [9.17, 15) is 0 Å². The first kappa shape index (κ1) is 16.4. The van der Waals surface area contributed by atoms with E-state index in [1.54, 1.807) is 0 Å². The third-order valence-electron chi connectivity index (χ3n) is 4.90. The summed E-state index contributed by atoms with van der Waals surface area (Å²) < 4.78 is 5.68. The molecule has 0 radical (unpaired) electrons. The average Bonchev–Trinajstić information content (AvgIpc) is 2.55. The molecule has 0 amide bonds. The molecule has 0 bridgehead atoms. The van der Waals surface area contributed by atoms with E-state index < -0.39 is 0 Å². The zero-order chi connectivity index (χ0) is 15.1. The highest BCUT2D eigenvalue weighted by molar-refractivity contribution is 5.29. The molecule has 1 saturated carbocycles. The molecule has 2 rings (SSSR count). The van der Waals surface area contributed by atoms with Crippen LogP contribution >= 0.6 is 0 Å². The predicted octanol–water partition coefficient (Wildman–Crippen LogP) is 4.95. The van der Waals surface area contributed by atoms with Crippen molar-refractivity contribution in [2.24, 2.45) is 11.8 Å². The molecule has 1 aliphatic rings. The Labute approximate surface area is 130 Å². The van der Waals surface area contributed by atoms with Crippen LogP contribution in [-0.4, -0.2) is 13.7 Å². The second kappa shape index (κ2) is 8.43. The Morgan fingerprint density at radius 1 is 1.19 bits per heavy atom. The average molecular weight is 289 g/mol. The predicted molar refractivity (Wildman–Crippen MR) is 89.8 cm³/mol. The number of ether oxygens (including phenoxy) is 1. The van der Waals surface area contributed by atoms with Crippen molar-refractivity contribution in [1.82, 2.24) is 5.32 Å². The van der Waals surface area contributed by atoms with Crippen molar-refractivity contribution in [3.8, 4) is 5.75 Å². The Hall–Kier alpha value is -1.02. The first-order valence-corrected chi connectivity index (χ1v) is 8.68. The second-order valence-corrected chi connectivity index (χ2v) is 6.38. The molecule has 0 saturated heterocycles. The second-order valence-electron chi connectivity index (χ2n) is 6.38. The molecule has 21 heavy (non-hydrogen) atoms. The summed E-state index contributed by atoms with van der Waals surface area (Å²) in [7, 11) is 2.10. The third kappa shape index (κ3) is 4.47. The van der Waals surface area contributed by atoms with Gasteiger partial charge in [-0.05, 0) is 55.8 Å². The van der Waals surface area contributed by atoms with Crippen LogP contribution in [0.25, 0.3) is 0 Å². The number of nitrogens with one attached hydrogen (secondary N) is 1. The summed E-state index contributed by atoms with van der Waals surface area (Å²) in [6.45, 7) is 5.27. The van der Waals surface area contributed by atoms with Gasteiger partial charge in [0.05, 0.1) is 6.61 Å². The topological polar surface area (TPSA) is 21.3 Å². The maximum absolute atomic E-state index is 5.68. The molecule has 3 unspecified atom stereocenters. The highest BCUT2D eigenvalue weighted by Gasteiger charge is 2.27. The molecule has 0 aromatic heterocycles. The van der Waals surface area contributed by atoms with E-state index in [1.165, 1.54) is 37.7 Å². The summed E-state index contributed by atoms with van der Waals surface area (Å²) in [5, 5.41) is 3.55. The van der Waals surface area contributed by atoms with E-state index in [-0.39, 0.29) is 0 Å². The Morgan fingerprint density at radius 2 is 1.95 bits per heavy atom. The molecular weight excluding hydrogens is 258 g/mol. The smallest absolute Gasteiger partial charge is 0.119 e. The number of hydrogen-bond donors (Lipinski definition) is 1. The Morgan fingerprint density at radius 3 is 2.57 bits per heavy atom. The number of hydrogen-bond acceptors (Lipinski definition) is 2. The molecule has 3 atom stereocenters. The molecular formula is C19H31NO. The molecule has 1 fully saturated rings. The van der Waals surface area contributed by atoms with Crippen molar-refractivity contribution in [2.75, 3.05) is 13.7 Å². The summed E-state index contributed by atoms with van der Waals surface area (Å²) in [5.41, 5.74) is 1.41. The molecule has 0 spiro atoms. The SMILES string of the molecule is CCCOc1ccc(C(NC)C2CCCC(CC)C2)cc1. The van der Waals surface area contributed by atoms with Crippen LogP contribution in [0.5, 0.6) is 5.75 Å². The summed E-state index contributed by atoms with van der Waals surface area (Å²) in [4.78, 5) is 0. The fourth-order valence-corrected chi connectivity index (χ4v) is 3.67. The van der Waals surface area contributed by atoms with Crippen molar-refractivity contribution in [3.05, 3.63) is 29.8 Å². The van der Waals surface area contributed by atoms with Gasteiger partial charge >= 0.3 is 0 Å². The monoisotopic (exact) mass is 289 g/mol. The largest absolute Gasteiger partial charge is 0.494 e. The zero-order valence-electron chi connectivity index (χ0n) is 13.9. The van der Waals surface area contributed by atoms with Crippen molar-refractivity contribution >= 4 is 0 Å². The highest BCUT2D eigenvalue weighted by Crippen LogP contribution is 2.38. The van der Waals surface area contributed by atoms with Gasteiger partial charge in [0.25, 0.3) is 0 Å². The van der Waals surface area contributed by atoms with Crippen LogP contribution in [0.1, 0.15) is 64.0 Å². The molecule has 1 aromatic rings. The Balaban J connectivity index is 2.02. The molecule has 0 heterocycles. The van der Waals surface area contributed by atoms with Gasteiger partial charge in [0, 0.05) is 6.04 Å². The lowest BCUT2D eigenvalue weighted by molar-refractivity contribution is 0.214. The van der Waals surface area contributed by atoms with Gasteiger partial charge in [0.2, 0.25) is 0 Å². The van der Waals surface area contributed by atoms with Crippen LogP contribution in [0.3, 0.4) is 0 Å². The van der Waals surface area contributed by atoms with Crippen molar-refractivity contribution in [2.45, 2.75) is 58.4 Å². The van der Waals surface area contributed by atoms with Crippen LogP contribution in [0.4, 0.5) is 0 Å². The van der Waals surface area contributed by atoms with E-state index in [0.29, 0.717) is 6.04 Å². The first-order chi connectivity index (χ1) is 10.3. The number of rotatable bonds is 7. The van der Waals surface area contributed by atoms with E-state index in [4.69, 9.17) is 4.74 Å². The lowest BCUT2D eigenvalue weighted by Gasteiger charge is -2.34. The molecule has 0 aliphatic heterocycles. The third-order valence-corrected chi connectivity index (χ3v) is 4.90. The van der Waals surface area contributed by atoms with E-state index in [2.05, 4.69) is 50.5 Å². The van der Waals surface area contributed by atoms with Crippen LogP contribution in [0.15, 0.2) is 24.3 Å². The quantitative estimate of drug-likeness (QED) is 0.766. The molecule has 1 aromatic carbocycles. The minimum absolute atomic E-state index is 0.486. The zero-order valence-corrected chi connectivity index (χ0v) is 13.9. The lowest BCUT2D eigenvalue weighted by Crippen LogP contribution is -2.29. The standard InChI is InChI=1S/C19H31NO/c1-4-13-21-18-11-9-16(10-12-18)19(20-3)17-8-6-7-15(5-2)14-17/h9-12,15,17,19-20H,4-8,13-14H2,1-3H3. The van der Waals surface area contributed by atoms with Gasteiger partial charge in [0.1, 0.15) is 5.75 Å². The van der Waals surface area contributed by atoms with Crippen molar-refractivity contribution in [3.63, 3.8) is 0 Å².